The maximum Gasteiger partial charge on any atom is 0.406 e. The zero-order valence-corrected chi connectivity index (χ0v) is 21.7. The molecule has 13 nitrogen and oxygen atoms in total. The molecule has 0 saturated carbocycles. The maximum atomic E-state index is 13.6. The van der Waals surface area contributed by atoms with E-state index in [0.717, 1.165) is 33.2 Å². The van der Waals surface area contributed by atoms with Gasteiger partial charge in [0.15, 0.2) is 0 Å². The third-order valence-electron chi connectivity index (χ3n) is 5.40. The molecule has 2 aromatic heterocycles. The summed E-state index contributed by atoms with van der Waals surface area (Å²) in [6.45, 7) is -0.364. The van der Waals surface area contributed by atoms with Crippen LogP contribution in [0.3, 0.4) is 0 Å². The molecule has 198 valence electrons. The largest absolute Gasteiger partial charge is 0.406 e. The Balaban J connectivity index is 1.45. The molecule has 1 aliphatic heterocycles. The summed E-state index contributed by atoms with van der Waals surface area (Å²) in [4.78, 5) is 26.7. The number of anilines is 1. The number of nitro groups is 1. The molecule has 5 atom stereocenters. The van der Waals surface area contributed by atoms with Crippen molar-refractivity contribution in [2.24, 2.45) is 0 Å². The van der Waals surface area contributed by atoms with Crippen LogP contribution in [-0.2, 0) is 26.8 Å². The van der Waals surface area contributed by atoms with Gasteiger partial charge in [0, 0.05) is 23.7 Å². The molecule has 3 aromatic rings. The first kappa shape index (κ1) is 27.4. The average molecular weight is 570 g/mol. The minimum Gasteiger partial charge on any atom is -0.389 e. The molecule has 1 aromatic carbocycles. The van der Waals surface area contributed by atoms with Gasteiger partial charge in [-0.05, 0) is 17.7 Å². The number of aliphatic hydroxyl groups is 2. The maximum absolute atomic E-state index is 13.6. The van der Waals surface area contributed by atoms with Gasteiger partial charge < -0.3 is 15.9 Å². The molecule has 37 heavy (non-hydrogen) atoms. The van der Waals surface area contributed by atoms with Crippen LogP contribution in [0.5, 0.6) is 0 Å². The van der Waals surface area contributed by atoms with Gasteiger partial charge in [-0.25, -0.2) is 14.4 Å². The van der Waals surface area contributed by atoms with Crippen molar-refractivity contribution in [2.45, 2.75) is 36.0 Å². The number of thioether (sulfide) groups is 1. The number of aliphatic hydroxyl groups excluding tert-OH is 2. The van der Waals surface area contributed by atoms with E-state index in [1.807, 2.05) is 30.3 Å². The fraction of sp³-hybridized carbons (Fsp3) is 0.333. The van der Waals surface area contributed by atoms with E-state index in [0.29, 0.717) is 4.88 Å². The van der Waals surface area contributed by atoms with Gasteiger partial charge in [-0.15, -0.1) is 11.8 Å². The molecule has 0 aliphatic carbocycles. The zero-order valence-electron chi connectivity index (χ0n) is 19.2. The number of rotatable bonds is 11. The van der Waals surface area contributed by atoms with Crippen molar-refractivity contribution in [3.05, 3.63) is 85.8 Å². The second kappa shape index (κ2) is 11.8. The number of benzene rings is 1. The first-order valence-corrected chi connectivity index (χ1v) is 14.2. The summed E-state index contributed by atoms with van der Waals surface area (Å²) in [5, 5.41) is 33.1. The Morgan fingerprint density at radius 3 is 2.59 bits per heavy atom. The summed E-state index contributed by atoms with van der Waals surface area (Å²) in [6.07, 6.45) is -1.26. The second-order valence-corrected chi connectivity index (χ2v) is 12.3. The Hall–Kier alpha value is -2.62. The van der Waals surface area contributed by atoms with Gasteiger partial charge in [0.25, 0.3) is 0 Å². The van der Waals surface area contributed by atoms with E-state index in [1.54, 1.807) is 0 Å². The van der Waals surface area contributed by atoms with Crippen molar-refractivity contribution in [1.29, 1.82) is 0 Å². The predicted octanol–water partition coefficient (Wildman–Crippen LogP) is 2.26. The lowest BCUT2D eigenvalue weighted by Gasteiger charge is -2.22. The van der Waals surface area contributed by atoms with E-state index < -0.39 is 41.2 Å². The standard InChI is InChI=1S/C21H24N5O8PS2/c22-16-8-9-25(21(29)24-16)20-19(28)18(27)15(37-20)12-34-35(32,23-10-13-4-2-1-3-5-13)33-11-14-6-7-17(36-14)26(30)31/h1-9,15,18-20,27-28H,10-12H2,(H,23,32)(H2,22,24,29)/t15-,18-,19+,20-,35?/m1/s1. The highest BCUT2D eigenvalue weighted by Gasteiger charge is 2.45. The Bertz CT molecular complexity index is 1340. The summed E-state index contributed by atoms with van der Waals surface area (Å²) in [5.74, 6) is 0.0258. The smallest absolute Gasteiger partial charge is 0.389 e. The molecule has 1 unspecified atom stereocenters. The highest BCUT2D eigenvalue weighted by Crippen LogP contribution is 2.48. The van der Waals surface area contributed by atoms with Crippen LogP contribution >= 0.6 is 30.8 Å². The first-order chi connectivity index (χ1) is 17.6. The summed E-state index contributed by atoms with van der Waals surface area (Å²) < 4.78 is 25.9. The van der Waals surface area contributed by atoms with E-state index in [4.69, 9.17) is 14.8 Å². The van der Waals surface area contributed by atoms with E-state index in [-0.39, 0.29) is 30.6 Å². The van der Waals surface area contributed by atoms with E-state index in [1.165, 1.54) is 24.4 Å². The van der Waals surface area contributed by atoms with Crippen LogP contribution in [0, 0.1) is 10.1 Å². The van der Waals surface area contributed by atoms with Crippen molar-refractivity contribution >= 4 is 41.7 Å². The van der Waals surface area contributed by atoms with Crippen LogP contribution in [-0.4, -0.2) is 48.8 Å². The molecule has 3 heterocycles. The van der Waals surface area contributed by atoms with Crippen molar-refractivity contribution in [2.75, 3.05) is 12.3 Å². The highest BCUT2D eigenvalue weighted by molar-refractivity contribution is 8.00. The van der Waals surface area contributed by atoms with Crippen molar-refractivity contribution in [1.82, 2.24) is 14.6 Å². The summed E-state index contributed by atoms with van der Waals surface area (Å²) in [7, 11) is -3.99. The van der Waals surface area contributed by atoms with E-state index >= 15 is 0 Å². The Kier molecular flexibility index (Phi) is 8.77. The molecule has 0 bridgehead atoms. The molecule has 0 radical (unpaired) electrons. The molecule has 1 aliphatic rings. The topological polar surface area (TPSA) is 192 Å². The first-order valence-electron chi connectivity index (χ1n) is 10.9. The van der Waals surface area contributed by atoms with Crippen LogP contribution < -0.4 is 16.5 Å². The third-order valence-corrected chi connectivity index (χ3v) is 9.46. The SMILES string of the molecule is Nc1ccn([C@@H]2S[C@H](COP(=O)(NCc3ccccc3)OCc3ccc([N+](=O)[O-])s3)[C@@H](O)[C@@H]2O)c(=O)n1. The lowest BCUT2D eigenvalue weighted by Crippen LogP contribution is -2.36. The van der Waals surface area contributed by atoms with Crippen molar-refractivity contribution in [3.63, 3.8) is 0 Å². The third kappa shape index (κ3) is 6.83. The number of nitrogen functional groups attached to an aromatic ring is 1. The Morgan fingerprint density at radius 2 is 1.92 bits per heavy atom. The van der Waals surface area contributed by atoms with E-state index in [2.05, 4.69) is 10.1 Å². The lowest BCUT2D eigenvalue weighted by atomic mass is 10.1. The summed E-state index contributed by atoms with van der Waals surface area (Å²) in [6, 6.07) is 13.3. The van der Waals surface area contributed by atoms with Gasteiger partial charge in [-0.3, -0.25) is 23.7 Å². The predicted molar refractivity (Wildman–Crippen MR) is 138 cm³/mol. The van der Waals surface area contributed by atoms with Crippen molar-refractivity contribution < 1.29 is 28.7 Å². The number of thiophene rings is 1. The molecule has 0 spiro atoms. The van der Waals surface area contributed by atoms with Gasteiger partial charge >= 0.3 is 18.4 Å². The highest BCUT2D eigenvalue weighted by atomic mass is 32.2. The normalized spacial score (nSPS) is 23.1. The molecule has 1 saturated heterocycles. The number of aromatic nitrogens is 2. The van der Waals surface area contributed by atoms with Gasteiger partial charge in [-0.1, -0.05) is 41.7 Å². The quantitative estimate of drug-likeness (QED) is 0.150. The molecule has 16 heteroatoms. The molecule has 1 fully saturated rings. The molecular weight excluding hydrogens is 545 g/mol. The zero-order chi connectivity index (χ0) is 26.6. The van der Waals surface area contributed by atoms with Gasteiger partial charge in [0.1, 0.15) is 17.3 Å². The van der Waals surface area contributed by atoms with Crippen molar-refractivity contribution in [3.8, 4) is 0 Å². The molecule has 4 rings (SSSR count). The van der Waals surface area contributed by atoms with Gasteiger partial charge in [-0.2, -0.15) is 4.98 Å². The fourth-order valence-corrected chi connectivity index (χ4v) is 7.15. The monoisotopic (exact) mass is 569 g/mol. The van der Waals surface area contributed by atoms with Gasteiger partial charge in [0.05, 0.1) is 29.5 Å². The van der Waals surface area contributed by atoms with Gasteiger partial charge in [0.2, 0.25) is 0 Å². The van der Waals surface area contributed by atoms with Crippen LogP contribution in [0.25, 0.3) is 0 Å². The number of hydrogen-bond donors (Lipinski definition) is 4. The minimum atomic E-state index is -3.99. The summed E-state index contributed by atoms with van der Waals surface area (Å²) in [5.41, 5.74) is 5.64. The van der Waals surface area contributed by atoms with E-state index in [9.17, 15) is 29.7 Å². The molecular formula is C21H24N5O8PS2. The van der Waals surface area contributed by atoms with Crippen LogP contribution in [0.4, 0.5) is 10.8 Å². The average Bonchev–Trinajstić information content (AvgIpc) is 3.47. The minimum absolute atomic E-state index is 0.0258. The Morgan fingerprint density at radius 1 is 1.16 bits per heavy atom. The Labute approximate surface area is 219 Å². The molecule has 0 amide bonds. The van der Waals surface area contributed by atoms with Crippen LogP contribution in [0.1, 0.15) is 15.8 Å². The lowest BCUT2D eigenvalue weighted by molar-refractivity contribution is -0.380. The number of hydrogen-bond acceptors (Lipinski definition) is 12. The summed E-state index contributed by atoms with van der Waals surface area (Å²) >= 11 is 1.94. The second-order valence-electron chi connectivity index (χ2n) is 7.97. The van der Waals surface area contributed by atoms with Crippen LogP contribution in [0.2, 0.25) is 0 Å². The molecule has 5 N–H and O–H groups in total. The van der Waals surface area contributed by atoms with Crippen LogP contribution in [0.15, 0.2) is 59.5 Å². The number of nitrogens with zero attached hydrogens (tertiary/aromatic N) is 3. The fourth-order valence-electron chi connectivity index (χ4n) is 3.49. The number of nitrogens with one attached hydrogen (secondary N) is 1. The number of nitrogens with two attached hydrogens (primary N) is 1.